The molecule has 0 radical (unpaired) electrons. The molecular weight excluding hydrogens is 268 g/mol. The number of anilines is 1. The molecule has 0 saturated heterocycles. The summed E-state index contributed by atoms with van der Waals surface area (Å²) < 4.78 is 25.8. The molecule has 7 heteroatoms. The summed E-state index contributed by atoms with van der Waals surface area (Å²) in [5, 5.41) is 13.4. The molecule has 0 saturated carbocycles. The Kier molecular flexibility index (Phi) is 4.19. The second kappa shape index (κ2) is 6.05. The van der Waals surface area contributed by atoms with Gasteiger partial charge >= 0.3 is 0 Å². The van der Waals surface area contributed by atoms with Crippen LogP contribution in [0.2, 0.25) is 0 Å². The topological polar surface area (TPSA) is 68.1 Å². The molecule has 0 fully saturated rings. The fourth-order valence-electron chi connectivity index (χ4n) is 1.70. The smallest absolute Gasteiger partial charge is 0.270 e. The summed E-state index contributed by atoms with van der Waals surface area (Å²) in [5.41, 5.74) is 0.323. The number of nitro groups is 1. The summed E-state index contributed by atoms with van der Waals surface area (Å²) >= 11 is 0. The molecule has 0 spiro atoms. The fraction of sp³-hybridized carbons (Fsp3) is 0.154. The highest BCUT2D eigenvalue weighted by atomic mass is 19.3. The van der Waals surface area contributed by atoms with Gasteiger partial charge < -0.3 is 5.32 Å². The zero-order valence-corrected chi connectivity index (χ0v) is 10.3. The Hall–Kier alpha value is -2.57. The monoisotopic (exact) mass is 279 g/mol. The zero-order valence-electron chi connectivity index (χ0n) is 10.3. The molecule has 0 atom stereocenters. The van der Waals surface area contributed by atoms with Crippen LogP contribution in [-0.2, 0) is 6.54 Å². The quantitative estimate of drug-likeness (QED) is 0.671. The second-order valence-electron chi connectivity index (χ2n) is 4.04. The first-order valence-electron chi connectivity index (χ1n) is 5.77. The number of nitro benzene ring substituents is 1. The number of nitrogens with one attached hydrogen (secondary N) is 1. The molecule has 1 heterocycles. The van der Waals surface area contributed by atoms with Gasteiger partial charge in [0.05, 0.1) is 4.92 Å². The van der Waals surface area contributed by atoms with E-state index in [2.05, 4.69) is 10.3 Å². The van der Waals surface area contributed by atoms with E-state index in [1.165, 1.54) is 12.1 Å². The molecule has 0 aliphatic rings. The molecule has 104 valence electrons. The molecule has 1 aromatic carbocycles. The van der Waals surface area contributed by atoms with Gasteiger partial charge in [0.25, 0.3) is 12.1 Å². The van der Waals surface area contributed by atoms with Crippen molar-refractivity contribution in [3.63, 3.8) is 0 Å². The second-order valence-corrected chi connectivity index (χ2v) is 4.04. The van der Waals surface area contributed by atoms with E-state index in [0.717, 1.165) is 11.6 Å². The largest absolute Gasteiger partial charge is 0.381 e. The number of alkyl halides is 2. The van der Waals surface area contributed by atoms with Gasteiger partial charge in [0.15, 0.2) is 0 Å². The van der Waals surface area contributed by atoms with Gasteiger partial charge in [0, 0.05) is 42.3 Å². The van der Waals surface area contributed by atoms with Crippen molar-refractivity contribution in [1.29, 1.82) is 0 Å². The maximum Gasteiger partial charge on any atom is 0.270 e. The Bertz CT molecular complexity index is 606. The average molecular weight is 279 g/mol. The molecule has 5 nitrogen and oxygen atoms in total. The van der Waals surface area contributed by atoms with Gasteiger partial charge in [-0.05, 0) is 23.8 Å². The molecule has 0 aliphatic heterocycles. The number of rotatable bonds is 5. The van der Waals surface area contributed by atoms with Gasteiger partial charge in [-0.3, -0.25) is 15.1 Å². The molecule has 2 aromatic rings. The number of hydrogen-bond donors (Lipinski definition) is 1. The molecule has 1 aromatic heterocycles. The highest BCUT2D eigenvalue weighted by molar-refractivity contribution is 5.56. The standard InChI is InChI=1S/C13H11F2N3O2/c14-13(15)11-7-10(18(19)20)1-2-12(11)17-8-9-3-5-16-6-4-9/h1-7,13,17H,8H2. The zero-order chi connectivity index (χ0) is 14.5. The van der Waals surface area contributed by atoms with Crippen molar-refractivity contribution in [3.8, 4) is 0 Å². The maximum absolute atomic E-state index is 12.9. The van der Waals surface area contributed by atoms with Crippen molar-refractivity contribution in [3.05, 3.63) is 64.0 Å². The molecular formula is C13H11F2N3O2. The minimum Gasteiger partial charge on any atom is -0.381 e. The van der Waals surface area contributed by atoms with Crippen molar-refractivity contribution in [2.24, 2.45) is 0 Å². The summed E-state index contributed by atoms with van der Waals surface area (Å²) in [4.78, 5) is 13.8. The summed E-state index contributed by atoms with van der Waals surface area (Å²) in [6, 6.07) is 6.88. The van der Waals surface area contributed by atoms with Gasteiger partial charge in [0.2, 0.25) is 0 Å². The van der Waals surface area contributed by atoms with E-state index in [1.807, 2.05) is 0 Å². The Balaban J connectivity index is 2.20. The van der Waals surface area contributed by atoms with Crippen LogP contribution in [0.1, 0.15) is 17.6 Å². The maximum atomic E-state index is 12.9. The van der Waals surface area contributed by atoms with E-state index in [1.54, 1.807) is 24.5 Å². The van der Waals surface area contributed by atoms with E-state index in [4.69, 9.17) is 0 Å². The lowest BCUT2D eigenvalue weighted by molar-refractivity contribution is -0.385. The van der Waals surface area contributed by atoms with Crippen molar-refractivity contribution in [2.75, 3.05) is 5.32 Å². The SMILES string of the molecule is O=[N+]([O-])c1ccc(NCc2ccncc2)c(C(F)F)c1. The number of benzene rings is 1. The fourth-order valence-corrected chi connectivity index (χ4v) is 1.70. The van der Waals surface area contributed by atoms with Gasteiger partial charge in [0.1, 0.15) is 0 Å². The van der Waals surface area contributed by atoms with Gasteiger partial charge in [-0.25, -0.2) is 8.78 Å². The first-order valence-corrected chi connectivity index (χ1v) is 5.77. The minimum atomic E-state index is -2.78. The van der Waals surface area contributed by atoms with E-state index in [0.29, 0.717) is 6.54 Å². The van der Waals surface area contributed by atoms with Crippen molar-refractivity contribution >= 4 is 11.4 Å². The van der Waals surface area contributed by atoms with Crippen LogP contribution in [0.15, 0.2) is 42.7 Å². The van der Waals surface area contributed by atoms with Gasteiger partial charge in [-0.15, -0.1) is 0 Å². The number of nitrogens with zero attached hydrogens (tertiary/aromatic N) is 2. The van der Waals surface area contributed by atoms with Crippen molar-refractivity contribution < 1.29 is 13.7 Å². The summed E-state index contributed by atoms with van der Waals surface area (Å²) in [5.74, 6) is 0. The third-order valence-corrected chi connectivity index (χ3v) is 2.71. The number of hydrogen-bond acceptors (Lipinski definition) is 4. The lowest BCUT2D eigenvalue weighted by Gasteiger charge is -2.11. The highest BCUT2D eigenvalue weighted by Gasteiger charge is 2.17. The first kappa shape index (κ1) is 13.9. The van der Waals surface area contributed by atoms with Crippen LogP contribution in [0, 0.1) is 10.1 Å². The molecule has 0 aliphatic carbocycles. The molecule has 0 amide bonds. The molecule has 2 rings (SSSR count). The van der Waals surface area contributed by atoms with Crippen LogP contribution >= 0.6 is 0 Å². The first-order chi connectivity index (χ1) is 9.58. The molecule has 0 bridgehead atoms. The summed E-state index contributed by atoms with van der Waals surface area (Å²) in [6.45, 7) is 0.333. The molecule has 0 unspecified atom stereocenters. The predicted octanol–water partition coefficient (Wildman–Crippen LogP) is 3.54. The van der Waals surface area contributed by atoms with Crippen molar-refractivity contribution in [1.82, 2.24) is 4.98 Å². The number of aromatic nitrogens is 1. The third kappa shape index (κ3) is 3.25. The number of pyridine rings is 1. The van der Waals surface area contributed by atoms with Crippen LogP contribution < -0.4 is 5.32 Å². The summed E-state index contributed by atoms with van der Waals surface area (Å²) in [6.07, 6.45) is 0.414. The average Bonchev–Trinajstić information content (AvgIpc) is 2.45. The Morgan fingerprint density at radius 2 is 1.95 bits per heavy atom. The van der Waals surface area contributed by atoms with E-state index >= 15 is 0 Å². The lowest BCUT2D eigenvalue weighted by atomic mass is 10.1. The van der Waals surface area contributed by atoms with Gasteiger partial charge in [-0.1, -0.05) is 0 Å². The number of non-ortho nitro benzene ring substituents is 1. The summed E-state index contributed by atoms with van der Waals surface area (Å²) in [7, 11) is 0. The van der Waals surface area contributed by atoms with E-state index in [9.17, 15) is 18.9 Å². The third-order valence-electron chi connectivity index (χ3n) is 2.71. The van der Waals surface area contributed by atoms with Crippen LogP contribution in [0.5, 0.6) is 0 Å². The molecule has 1 N–H and O–H groups in total. The Morgan fingerprint density at radius 3 is 2.55 bits per heavy atom. The lowest BCUT2D eigenvalue weighted by Crippen LogP contribution is -2.03. The Labute approximate surface area is 113 Å². The Morgan fingerprint density at radius 1 is 1.25 bits per heavy atom. The normalized spacial score (nSPS) is 10.6. The highest BCUT2D eigenvalue weighted by Crippen LogP contribution is 2.30. The van der Waals surface area contributed by atoms with Crippen LogP contribution in [0.4, 0.5) is 20.2 Å². The van der Waals surface area contributed by atoms with Crippen LogP contribution in [0.25, 0.3) is 0 Å². The minimum absolute atomic E-state index is 0.183. The number of halogens is 2. The van der Waals surface area contributed by atoms with E-state index < -0.39 is 11.3 Å². The van der Waals surface area contributed by atoms with Crippen LogP contribution in [-0.4, -0.2) is 9.91 Å². The van der Waals surface area contributed by atoms with Crippen molar-refractivity contribution in [2.45, 2.75) is 13.0 Å². The van der Waals surface area contributed by atoms with Gasteiger partial charge in [-0.2, -0.15) is 0 Å². The van der Waals surface area contributed by atoms with Crippen LogP contribution in [0.3, 0.4) is 0 Å². The molecule has 20 heavy (non-hydrogen) atoms. The predicted molar refractivity (Wildman–Crippen MR) is 69.6 cm³/mol. The van der Waals surface area contributed by atoms with E-state index in [-0.39, 0.29) is 16.9 Å².